The van der Waals surface area contributed by atoms with Crippen LogP contribution in [0.4, 0.5) is 5.69 Å². The Morgan fingerprint density at radius 3 is 2.62 bits per heavy atom. The van der Waals surface area contributed by atoms with Crippen molar-refractivity contribution in [3.63, 3.8) is 0 Å². The zero-order valence-corrected chi connectivity index (χ0v) is 20.2. The van der Waals surface area contributed by atoms with Crippen LogP contribution < -0.4 is 15.8 Å². The van der Waals surface area contributed by atoms with E-state index in [1.165, 1.54) is 0 Å². The molecule has 190 valence electrons. The maximum atomic E-state index is 12.6. The highest BCUT2D eigenvalue weighted by Gasteiger charge is 2.29. The number of carbonyl (C=O) groups excluding carboxylic acids is 1. The number of hydrogen-bond donors (Lipinski definition) is 4. The first-order valence-electron chi connectivity index (χ1n) is 11.8. The number of amides is 1. The molecule has 2 aromatic carbocycles. The number of carbonyl (C=O) groups is 3. The topological polar surface area (TPSA) is 153 Å². The molecule has 1 aliphatic rings. The lowest BCUT2D eigenvalue weighted by molar-refractivity contribution is -0.140. The van der Waals surface area contributed by atoms with Crippen molar-refractivity contribution in [3.8, 4) is 12.3 Å². The molecule has 1 heterocycles. The predicted molar refractivity (Wildman–Crippen MR) is 137 cm³/mol. The number of anilines is 1. The lowest BCUT2D eigenvalue weighted by Crippen LogP contribution is -2.41. The fourth-order valence-electron chi connectivity index (χ4n) is 4.71. The minimum atomic E-state index is -1.31. The van der Waals surface area contributed by atoms with Crippen molar-refractivity contribution in [1.82, 2.24) is 15.3 Å². The third-order valence-electron chi connectivity index (χ3n) is 6.48. The maximum Gasteiger partial charge on any atom is 0.326 e. The van der Waals surface area contributed by atoms with Crippen molar-refractivity contribution >= 4 is 34.4 Å². The molecule has 0 aliphatic heterocycles. The van der Waals surface area contributed by atoms with E-state index in [1.54, 1.807) is 31.2 Å². The van der Waals surface area contributed by atoms with Crippen molar-refractivity contribution < 1.29 is 24.6 Å². The molecular formula is C27H26N4O6. The summed E-state index contributed by atoms with van der Waals surface area (Å²) >= 11 is 0. The molecule has 1 amide bonds. The average molecular weight is 503 g/mol. The van der Waals surface area contributed by atoms with Crippen molar-refractivity contribution in [3.05, 3.63) is 69.3 Å². The summed E-state index contributed by atoms with van der Waals surface area (Å²) in [5.74, 6) is 0.176. The number of aromatic nitrogens is 2. The van der Waals surface area contributed by atoms with Gasteiger partial charge in [-0.2, -0.15) is 0 Å². The molecule has 3 aromatic rings. The van der Waals surface area contributed by atoms with Gasteiger partial charge in [0.2, 0.25) is 0 Å². The van der Waals surface area contributed by atoms with Gasteiger partial charge in [-0.1, -0.05) is 5.92 Å². The molecule has 0 radical (unpaired) electrons. The van der Waals surface area contributed by atoms with Crippen LogP contribution in [0, 0.1) is 19.3 Å². The molecule has 0 bridgehead atoms. The highest BCUT2D eigenvalue weighted by atomic mass is 16.4. The molecule has 4 N–H and O–H groups in total. The normalized spacial score (nSPS) is 15.0. The Morgan fingerprint density at radius 2 is 1.97 bits per heavy atom. The second kappa shape index (κ2) is 10.5. The van der Waals surface area contributed by atoms with Crippen LogP contribution in [0.3, 0.4) is 0 Å². The van der Waals surface area contributed by atoms with E-state index in [2.05, 4.69) is 21.2 Å². The van der Waals surface area contributed by atoms with E-state index in [-0.39, 0.29) is 30.0 Å². The fourth-order valence-corrected chi connectivity index (χ4v) is 4.71. The molecule has 10 heteroatoms. The Labute approximate surface area is 212 Å². The van der Waals surface area contributed by atoms with E-state index in [4.69, 9.17) is 11.5 Å². The molecule has 0 unspecified atom stereocenters. The monoisotopic (exact) mass is 502 g/mol. The quantitative estimate of drug-likeness (QED) is 0.326. The molecule has 0 saturated heterocycles. The zero-order chi connectivity index (χ0) is 26.7. The molecule has 0 spiro atoms. The van der Waals surface area contributed by atoms with Gasteiger partial charge in [-0.3, -0.25) is 14.4 Å². The number of aromatic amines is 1. The van der Waals surface area contributed by atoms with E-state index in [0.29, 0.717) is 23.3 Å². The number of terminal acetylenes is 1. The van der Waals surface area contributed by atoms with Gasteiger partial charge in [0.1, 0.15) is 11.9 Å². The standard InChI is InChI=1S/C27H26N4O6/c1-3-12-31(23-10-6-17-13-22-20(14-19(17)23)26(35)29-15(2)28-22)18-7-4-16(5-8-18)25(34)30-21(27(36)37)9-11-24(32)33/h1,4-5,7-8,13-14,21,23H,6,9-12H2,2H3,(H,30,34)(H,32,33)(H,36,37)(H,28,29,35)/t21-,23+/m0/s1. The highest BCUT2D eigenvalue weighted by Crippen LogP contribution is 2.39. The summed E-state index contributed by atoms with van der Waals surface area (Å²) in [6, 6.07) is 9.04. The first kappa shape index (κ1) is 25.4. The molecule has 0 saturated carbocycles. The zero-order valence-electron chi connectivity index (χ0n) is 20.2. The van der Waals surface area contributed by atoms with Gasteiger partial charge in [0.05, 0.1) is 23.5 Å². The van der Waals surface area contributed by atoms with Crippen molar-refractivity contribution in [2.75, 3.05) is 11.4 Å². The van der Waals surface area contributed by atoms with E-state index >= 15 is 0 Å². The van der Waals surface area contributed by atoms with Crippen LogP contribution in [-0.2, 0) is 16.0 Å². The molecule has 1 aromatic heterocycles. The highest BCUT2D eigenvalue weighted by molar-refractivity contribution is 5.97. The minimum Gasteiger partial charge on any atom is -0.481 e. The van der Waals surface area contributed by atoms with E-state index < -0.39 is 23.9 Å². The first-order chi connectivity index (χ1) is 17.7. The second-order valence-corrected chi connectivity index (χ2v) is 8.95. The number of carboxylic acids is 2. The van der Waals surface area contributed by atoms with Gasteiger partial charge in [-0.25, -0.2) is 9.78 Å². The summed E-state index contributed by atoms with van der Waals surface area (Å²) in [6.07, 6.45) is 6.67. The largest absolute Gasteiger partial charge is 0.481 e. The SMILES string of the molecule is C#CCN(c1ccc(C(=O)N[C@@H](CCC(=O)O)C(=O)O)cc1)[C@@H]1CCc2cc3nc(C)[nH]c(=O)c3cc21. The number of aliphatic carboxylic acids is 2. The summed E-state index contributed by atoms with van der Waals surface area (Å²) in [5, 5.41) is 21.0. The Morgan fingerprint density at radius 1 is 1.24 bits per heavy atom. The number of H-pyrrole nitrogens is 1. The van der Waals surface area contributed by atoms with Crippen molar-refractivity contribution in [2.45, 2.75) is 44.7 Å². The third-order valence-corrected chi connectivity index (χ3v) is 6.48. The maximum absolute atomic E-state index is 12.6. The summed E-state index contributed by atoms with van der Waals surface area (Å²) in [5.41, 5.74) is 3.57. The van der Waals surface area contributed by atoms with E-state index in [9.17, 15) is 24.3 Å². The van der Waals surface area contributed by atoms with Crippen LogP contribution in [0.25, 0.3) is 10.9 Å². The van der Waals surface area contributed by atoms with Crippen molar-refractivity contribution in [2.24, 2.45) is 0 Å². The van der Waals surface area contributed by atoms with Gasteiger partial charge in [0.15, 0.2) is 0 Å². The number of rotatable bonds is 9. The molecule has 10 nitrogen and oxygen atoms in total. The Balaban J connectivity index is 1.58. The van der Waals surface area contributed by atoms with Gasteiger partial charge in [0, 0.05) is 17.7 Å². The third kappa shape index (κ3) is 5.46. The van der Waals surface area contributed by atoms with Crippen LogP contribution in [0.2, 0.25) is 0 Å². The van der Waals surface area contributed by atoms with Crippen LogP contribution in [0.5, 0.6) is 0 Å². The Kier molecular flexibility index (Phi) is 7.25. The predicted octanol–water partition coefficient (Wildman–Crippen LogP) is 2.41. The number of nitrogens with one attached hydrogen (secondary N) is 2. The van der Waals surface area contributed by atoms with Gasteiger partial charge >= 0.3 is 11.9 Å². The number of hydrogen-bond acceptors (Lipinski definition) is 6. The Hall–Kier alpha value is -4.65. The summed E-state index contributed by atoms with van der Waals surface area (Å²) < 4.78 is 0. The number of benzene rings is 2. The van der Waals surface area contributed by atoms with Gasteiger partial charge in [0.25, 0.3) is 11.5 Å². The lowest BCUT2D eigenvalue weighted by Gasteiger charge is -2.30. The second-order valence-electron chi connectivity index (χ2n) is 8.95. The summed E-state index contributed by atoms with van der Waals surface area (Å²) in [6.45, 7) is 2.04. The number of carboxylic acid groups (broad SMARTS) is 2. The number of nitrogens with zero attached hydrogens (tertiary/aromatic N) is 2. The molecule has 2 atom stereocenters. The molecule has 4 rings (SSSR count). The van der Waals surface area contributed by atoms with Gasteiger partial charge in [-0.15, -0.1) is 6.42 Å². The molecule has 1 aliphatic carbocycles. The summed E-state index contributed by atoms with van der Waals surface area (Å²) in [7, 11) is 0. The summed E-state index contributed by atoms with van der Waals surface area (Å²) in [4.78, 5) is 56.5. The van der Waals surface area contributed by atoms with E-state index in [0.717, 1.165) is 29.7 Å². The van der Waals surface area contributed by atoms with E-state index in [1.807, 2.05) is 17.0 Å². The fraction of sp³-hybridized carbons (Fsp3) is 0.296. The Bertz CT molecular complexity index is 1470. The smallest absolute Gasteiger partial charge is 0.326 e. The van der Waals surface area contributed by atoms with Gasteiger partial charge < -0.3 is 25.4 Å². The molecule has 37 heavy (non-hydrogen) atoms. The molecule has 0 fully saturated rings. The van der Waals surface area contributed by atoms with Crippen LogP contribution in [-0.4, -0.2) is 50.6 Å². The number of fused-ring (bicyclic) bond motifs is 2. The van der Waals surface area contributed by atoms with Crippen molar-refractivity contribution in [1.29, 1.82) is 0 Å². The minimum absolute atomic E-state index is 0.0803. The first-order valence-corrected chi connectivity index (χ1v) is 11.8. The van der Waals surface area contributed by atoms with Crippen LogP contribution in [0.1, 0.15) is 52.6 Å². The lowest BCUT2D eigenvalue weighted by atomic mass is 10.0. The average Bonchev–Trinajstić information content (AvgIpc) is 3.26. The van der Waals surface area contributed by atoms with Crippen LogP contribution in [0.15, 0.2) is 41.2 Å². The molecular weight excluding hydrogens is 476 g/mol. The number of aryl methyl sites for hydroxylation is 2. The van der Waals surface area contributed by atoms with Gasteiger partial charge in [-0.05, 0) is 73.7 Å². The van der Waals surface area contributed by atoms with Crippen LogP contribution >= 0.6 is 0 Å².